The largest absolute Gasteiger partial charge is 0.395 e. The number of benzene rings is 2. The van der Waals surface area contributed by atoms with E-state index in [4.69, 9.17) is 4.98 Å². The molecule has 2 aromatic carbocycles. The molecule has 3 heteroatoms. The first-order valence-corrected chi connectivity index (χ1v) is 12.1. The van der Waals surface area contributed by atoms with Gasteiger partial charge in [0.15, 0.2) is 0 Å². The number of hydrogen-bond donors (Lipinski definition) is 1. The molecule has 33 heavy (non-hydrogen) atoms. The highest BCUT2D eigenvalue weighted by atomic mass is 16.3. The van der Waals surface area contributed by atoms with Crippen molar-refractivity contribution in [2.75, 3.05) is 6.61 Å². The molecule has 1 N–H and O–H groups in total. The van der Waals surface area contributed by atoms with Crippen LogP contribution in [0.25, 0.3) is 27.8 Å². The molecule has 0 aliphatic rings. The van der Waals surface area contributed by atoms with Gasteiger partial charge in [0.25, 0.3) is 0 Å². The Balaban J connectivity index is 1.96. The summed E-state index contributed by atoms with van der Waals surface area (Å²) in [5, 5.41) is 11.4. The van der Waals surface area contributed by atoms with Gasteiger partial charge in [0, 0.05) is 28.2 Å². The van der Waals surface area contributed by atoms with Crippen molar-refractivity contribution in [2.24, 2.45) is 0 Å². The summed E-state index contributed by atoms with van der Waals surface area (Å²) in [5.74, 6) is 0.500. The van der Waals surface area contributed by atoms with Gasteiger partial charge in [-0.3, -0.25) is 4.98 Å². The van der Waals surface area contributed by atoms with Crippen LogP contribution >= 0.6 is 0 Å². The van der Waals surface area contributed by atoms with Crippen molar-refractivity contribution in [3.05, 3.63) is 83.2 Å². The Kier molecular flexibility index (Phi) is 6.45. The summed E-state index contributed by atoms with van der Waals surface area (Å²) in [7, 11) is 0. The molecule has 4 aromatic rings. The maximum absolute atomic E-state index is 10.2. The van der Waals surface area contributed by atoms with Crippen LogP contribution < -0.4 is 0 Å². The minimum atomic E-state index is -0.363. The summed E-state index contributed by atoms with van der Waals surface area (Å²) in [5.41, 5.74) is 9.21. The Bertz CT molecular complexity index is 1240. The first kappa shape index (κ1) is 23.3. The van der Waals surface area contributed by atoms with Gasteiger partial charge >= 0.3 is 0 Å². The third-order valence-electron chi connectivity index (χ3n) is 6.91. The number of aromatic nitrogens is 2. The number of aliphatic hydroxyl groups is 1. The third kappa shape index (κ3) is 4.22. The summed E-state index contributed by atoms with van der Waals surface area (Å²) >= 11 is 0. The van der Waals surface area contributed by atoms with Crippen molar-refractivity contribution < 1.29 is 5.11 Å². The lowest BCUT2D eigenvalue weighted by Gasteiger charge is -2.21. The van der Waals surface area contributed by atoms with E-state index in [1.807, 2.05) is 6.20 Å². The second-order valence-corrected chi connectivity index (χ2v) is 9.95. The van der Waals surface area contributed by atoms with E-state index in [-0.39, 0.29) is 12.0 Å². The van der Waals surface area contributed by atoms with Gasteiger partial charge in [-0.1, -0.05) is 71.9 Å². The first-order valence-electron chi connectivity index (χ1n) is 12.1. The van der Waals surface area contributed by atoms with Crippen molar-refractivity contribution in [3.8, 4) is 16.9 Å². The van der Waals surface area contributed by atoms with Crippen LogP contribution in [-0.4, -0.2) is 21.3 Å². The molecule has 0 saturated carbocycles. The fraction of sp³-hybridized carbons (Fsp3) is 0.367. The van der Waals surface area contributed by atoms with Gasteiger partial charge in [-0.05, 0) is 59.2 Å². The maximum atomic E-state index is 10.2. The Morgan fingerprint density at radius 3 is 2.15 bits per heavy atom. The first-order chi connectivity index (χ1) is 15.8. The number of aryl methyl sites for hydroxylation is 2. The molecule has 3 nitrogen and oxygen atoms in total. The van der Waals surface area contributed by atoms with Crippen LogP contribution in [0.1, 0.15) is 69.7 Å². The molecule has 0 aliphatic heterocycles. The number of pyridine rings is 1. The highest BCUT2D eigenvalue weighted by molar-refractivity contribution is 5.89. The quantitative estimate of drug-likeness (QED) is 0.330. The Morgan fingerprint density at radius 1 is 0.970 bits per heavy atom. The SMILES string of the molecule is CCc1cccc(CC)c1-c1cc2c(C(C)(C)CO)cn(-c3ccc(C(C)C)cc3)c2cn1. The van der Waals surface area contributed by atoms with Gasteiger partial charge in [0.2, 0.25) is 0 Å². The predicted molar refractivity (Wildman–Crippen MR) is 139 cm³/mol. The second-order valence-electron chi connectivity index (χ2n) is 9.95. The Morgan fingerprint density at radius 2 is 1.61 bits per heavy atom. The molecule has 0 spiro atoms. The number of aliphatic hydroxyl groups excluding tert-OH is 1. The summed E-state index contributed by atoms with van der Waals surface area (Å²) < 4.78 is 2.22. The zero-order valence-corrected chi connectivity index (χ0v) is 20.8. The number of fused-ring (bicyclic) bond motifs is 1. The molecular weight excluding hydrogens is 404 g/mol. The van der Waals surface area contributed by atoms with Crippen molar-refractivity contribution >= 4 is 10.9 Å². The van der Waals surface area contributed by atoms with Crippen LogP contribution in [0.15, 0.2) is 60.9 Å². The minimum absolute atomic E-state index is 0.0851. The van der Waals surface area contributed by atoms with E-state index >= 15 is 0 Å². The van der Waals surface area contributed by atoms with Crippen LogP contribution in [0.3, 0.4) is 0 Å². The lowest BCUT2D eigenvalue weighted by molar-refractivity contribution is 0.219. The van der Waals surface area contributed by atoms with E-state index < -0.39 is 0 Å². The van der Waals surface area contributed by atoms with Crippen LogP contribution in [0.5, 0.6) is 0 Å². The molecule has 0 fully saturated rings. The molecule has 0 amide bonds. The van der Waals surface area contributed by atoms with Crippen LogP contribution in [0.2, 0.25) is 0 Å². The number of rotatable bonds is 7. The molecule has 172 valence electrons. The Hall–Kier alpha value is -2.91. The molecule has 2 heterocycles. The van der Waals surface area contributed by atoms with Crippen LogP contribution in [0, 0.1) is 0 Å². The maximum Gasteiger partial charge on any atom is 0.0716 e. The van der Waals surface area contributed by atoms with Gasteiger partial charge in [0.05, 0.1) is 24.0 Å². The molecule has 0 bridgehead atoms. The van der Waals surface area contributed by atoms with E-state index in [0.29, 0.717) is 5.92 Å². The topological polar surface area (TPSA) is 38.0 Å². The lowest BCUT2D eigenvalue weighted by atomic mass is 9.85. The van der Waals surface area contributed by atoms with E-state index in [1.54, 1.807) is 0 Å². The van der Waals surface area contributed by atoms with Crippen LogP contribution in [-0.2, 0) is 18.3 Å². The standard InChI is InChI=1S/C30H36N2O/c1-7-21-10-9-11-22(8-2)29(21)27-16-25-26(30(5,6)19-33)18-32(28(25)17-31-27)24-14-12-23(13-15-24)20(3)4/h9-18,20,33H,7-8,19H2,1-6H3. The summed E-state index contributed by atoms with van der Waals surface area (Å²) in [6, 6.07) is 17.6. The normalized spacial score (nSPS) is 12.1. The highest BCUT2D eigenvalue weighted by Crippen LogP contribution is 2.37. The zero-order valence-electron chi connectivity index (χ0n) is 20.8. The molecule has 4 rings (SSSR count). The highest BCUT2D eigenvalue weighted by Gasteiger charge is 2.26. The Labute approximate surface area is 198 Å². The van der Waals surface area contributed by atoms with Gasteiger partial charge in [-0.2, -0.15) is 0 Å². The average Bonchev–Trinajstić information content (AvgIpc) is 3.23. The number of hydrogen-bond acceptors (Lipinski definition) is 2. The predicted octanol–water partition coefficient (Wildman–Crippen LogP) is 7.21. The van der Waals surface area contributed by atoms with E-state index in [2.05, 4.69) is 101 Å². The summed E-state index contributed by atoms with van der Waals surface area (Å²) in [6.45, 7) is 13.1. The molecule has 0 aliphatic carbocycles. The van der Waals surface area contributed by atoms with Gasteiger partial charge in [-0.15, -0.1) is 0 Å². The van der Waals surface area contributed by atoms with Gasteiger partial charge < -0.3 is 9.67 Å². The lowest BCUT2D eigenvalue weighted by Crippen LogP contribution is -2.21. The van der Waals surface area contributed by atoms with Crippen molar-refractivity contribution in [1.29, 1.82) is 0 Å². The van der Waals surface area contributed by atoms with Crippen molar-refractivity contribution in [2.45, 2.75) is 65.7 Å². The van der Waals surface area contributed by atoms with Crippen LogP contribution in [0.4, 0.5) is 0 Å². The van der Waals surface area contributed by atoms with E-state index in [9.17, 15) is 5.11 Å². The van der Waals surface area contributed by atoms with E-state index in [1.165, 1.54) is 22.3 Å². The third-order valence-corrected chi connectivity index (χ3v) is 6.91. The molecule has 0 atom stereocenters. The molecule has 0 radical (unpaired) electrons. The molecule has 0 unspecified atom stereocenters. The second kappa shape index (κ2) is 9.15. The molecular formula is C30H36N2O. The zero-order chi connectivity index (χ0) is 23.8. The molecule has 0 saturated heterocycles. The van der Waals surface area contributed by atoms with Gasteiger partial charge in [0.1, 0.15) is 0 Å². The molecule has 2 aromatic heterocycles. The van der Waals surface area contributed by atoms with E-state index in [0.717, 1.165) is 40.7 Å². The van der Waals surface area contributed by atoms with Crippen molar-refractivity contribution in [1.82, 2.24) is 9.55 Å². The monoisotopic (exact) mass is 440 g/mol. The summed E-state index contributed by atoms with van der Waals surface area (Å²) in [4.78, 5) is 4.96. The van der Waals surface area contributed by atoms with Gasteiger partial charge in [-0.25, -0.2) is 0 Å². The fourth-order valence-corrected chi connectivity index (χ4v) is 4.69. The number of nitrogens with zero attached hydrogens (tertiary/aromatic N) is 2. The smallest absolute Gasteiger partial charge is 0.0716 e. The minimum Gasteiger partial charge on any atom is -0.395 e. The summed E-state index contributed by atoms with van der Waals surface area (Å²) in [6.07, 6.45) is 6.13. The average molecular weight is 441 g/mol. The fourth-order valence-electron chi connectivity index (χ4n) is 4.69. The van der Waals surface area contributed by atoms with Crippen molar-refractivity contribution in [3.63, 3.8) is 0 Å².